The molecule has 2 aliphatic rings. The molecule has 0 bridgehead atoms. The number of hydrogen-bond acceptors (Lipinski definition) is 7. The van der Waals surface area contributed by atoms with Gasteiger partial charge in [0.2, 0.25) is 0 Å². The van der Waals surface area contributed by atoms with Crippen LogP contribution >= 0.6 is 23.2 Å². The fraction of sp³-hybridized carbons (Fsp3) is 0.500. The lowest BCUT2D eigenvalue weighted by Gasteiger charge is -2.23. The first-order valence-electron chi connectivity index (χ1n) is 11.3. The van der Waals surface area contributed by atoms with Crippen LogP contribution < -0.4 is 15.2 Å². The topological polar surface area (TPSA) is 94.1 Å². The summed E-state index contributed by atoms with van der Waals surface area (Å²) in [7, 11) is 0. The van der Waals surface area contributed by atoms with Crippen LogP contribution in [-0.4, -0.2) is 53.1 Å². The molecule has 0 fully saturated rings. The molecule has 34 heavy (non-hydrogen) atoms. The molecule has 4 rings (SSSR count). The van der Waals surface area contributed by atoms with E-state index in [0.29, 0.717) is 53.3 Å². The predicted molar refractivity (Wildman–Crippen MR) is 136 cm³/mol. The van der Waals surface area contributed by atoms with Crippen molar-refractivity contribution in [2.45, 2.75) is 52.9 Å². The second-order valence-corrected chi connectivity index (χ2v) is 9.80. The molecule has 2 N–H and O–H groups in total. The maximum Gasteiger partial charge on any atom is 0.271 e. The van der Waals surface area contributed by atoms with Crippen molar-refractivity contribution in [1.29, 1.82) is 0 Å². The van der Waals surface area contributed by atoms with Gasteiger partial charge < -0.3 is 15.2 Å². The molecule has 0 unspecified atom stereocenters. The summed E-state index contributed by atoms with van der Waals surface area (Å²) in [5, 5.41) is 11.8. The lowest BCUT2D eigenvalue weighted by atomic mass is 10.1. The SMILES string of the molecule is CC(C)N1CCOc2c(Cl)cc(N)cc2C1.CC(C)N1CCOc2c(Cl)cc([N+](=O)[O-])cc2C1. The number of rotatable bonds is 3. The second kappa shape index (κ2) is 11.4. The maximum absolute atomic E-state index is 10.8. The minimum atomic E-state index is -0.434. The molecule has 2 aliphatic heterocycles. The van der Waals surface area contributed by atoms with Crippen LogP contribution in [0.1, 0.15) is 38.8 Å². The van der Waals surface area contributed by atoms with Gasteiger partial charge in [0.1, 0.15) is 24.7 Å². The van der Waals surface area contributed by atoms with Crippen LogP contribution in [0.5, 0.6) is 11.5 Å². The van der Waals surface area contributed by atoms with Gasteiger partial charge in [0.25, 0.3) is 5.69 Å². The number of hydrogen-bond donors (Lipinski definition) is 1. The van der Waals surface area contributed by atoms with Gasteiger partial charge in [0, 0.05) is 67.2 Å². The second-order valence-electron chi connectivity index (χ2n) is 8.99. The molecular formula is C24H32Cl2N4O4. The van der Waals surface area contributed by atoms with Gasteiger partial charge in [-0.15, -0.1) is 0 Å². The van der Waals surface area contributed by atoms with Crippen LogP contribution in [0.4, 0.5) is 11.4 Å². The van der Waals surface area contributed by atoms with E-state index in [1.54, 1.807) is 12.1 Å². The molecule has 0 aliphatic carbocycles. The van der Waals surface area contributed by atoms with Crippen molar-refractivity contribution in [2.24, 2.45) is 0 Å². The van der Waals surface area contributed by atoms with E-state index in [9.17, 15) is 10.1 Å². The number of non-ortho nitro benzene ring substituents is 1. The zero-order valence-corrected chi connectivity index (χ0v) is 21.5. The Balaban J connectivity index is 0.000000192. The van der Waals surface area contributed by atoms with E-state index in [-0.39, 0.29) is 5.69 Å². The molecule has 8 nitrogen and oxygen atoms in total. The average Bonchev–Trinajstić information content (AvgIpc) is 3.11. The minimum Gasteiger partial charge on any atom is -0.490 e. The Kier molecular flexibility index (Phi) is 8.87. The van der Waals surface area contributed by atoms with E-state index in [1.165, 1.54) is 6.07 Å². The Morgan fingerprint density at radius 3 is 1.82 bits per heavy atom. The van der Waals surface area contributed by atoms with Gasteiger partial charge in [-0.05, 0) is 39.8 Å². The molecule has 2 heterocycles. The number of benzene rings is 2. The average molecular weight is 511 g/mol. The molecule has 0 saturated heterocycles. The molecule has 0 aromatic heterocycles. The molecular weight excluding hydrogens is 479 g/mol. The number of halogens is 2. The monoisotopic (exact) mass is 510 g/mol. The minimum absolute atomic E-state index is 0.00737. The smallest absolute Gasteiger partial charge is 0.271 e. The Hall–Kier alpha value is -2.26. The highest BCUT2D eigenvalue weighted by Crippen LogP contribution is 2.36. The number of nitrogens with two attached hydrogens (primary N) is 1. The van der Waals surface area contributed by atoms with Crippen molar-refractivity contribution < 1.29 is 14.4 Å². The van der Waals surface area contributed by atoms with Gasteiger partial charge in [-0.25, -0.2) is 0 Å². The highest BCUT2D eigenvalue weighted by molar-refractivity contribution is 6.32. The lowest BCUT2D eigenvalue weighted by molar-refractivity contribution is -0.384. The number of nitro groups is 1. The maximum atomic E-state index is 10.8. The van der Waals surface area contributed by atoms with Crippen LogP contribution in [0.2, 0.25) is 10.0 Å². The number of ether oxygens (including phenoxy) is 2. The summed E-state index contributed by atoms with van der Waals surface area (Å²) in [6, 6.07) is 7.42. The zero-order chi connectivity index (χ0) is 25.0. The van der Waals surface area contributed by atoms with Crippen LogP contribution in [0.3, 0.4) is 0 Å². The molecule has 0 saturated carbocycles. The van der Waals surface area contributed by atoms with Gasteiger partial charge in [0.15, 0.2) is 0 Å². The number of fused-ring (bicyclic) bond motifs is 2. The molecule has 0 amide bonds. The van der Waals surface area contributed by atoms with Crippen molar-refractivity contribution in [1.82, 2.24) is 9.80 Å². The Morgan fingerprint density at radius 2 is 1.35 bits per heavy atom. The summed E-state index contributed by atoms with van der Waals surface area (Å²) >= 11 is 12.2. The summed E-state index contributed by atoms with van der Waals surface area (Å²) in [4.78, 5) is 14.9. The fourth-order valence-corrected chi connectivity index (χ4v) is 4.57. The van der Waals surface area contributed by atoms with Crippen molar-refractivity contribution in [3.63, 3.8) is 0 Å². The highest BCUT2D eigenvalue weighted by Gasteiger charge is 2.23. The molecule has 186 valence electrons. The number of nitro benzene ring substituents is 1. The number of nitrogens with zero attached hydrogens (tertiary/aromatic N) is 3. The molecule has 10 heteroatoms. The number of nitrogen functional groups attached to an aromatic ring is 1. The first-order valence-corrected chi connectivity index (χ1v) is 12.1. The van der Waals surface area contributed by atoms with Crippen LogP contribution in [0.25, 0.3) is 0 Å². The Labute approximate surface area is 210 Å². The van der Waals surface area contributed by atoms with Crippen molar-refractivity contribution in [3.8, 4) is 11.5 Å². The van der Waals surface area contributed by atoms with E-state index < -0.39 is 4.92 Å². The van der Waals surface area contributed by atoms with Gasteiger partial charge in [-0.2, -0.15) is 0 Å². The van der Waals surface area contributed by atoms with Gasteiger partial charge in [-0.3, -0.25) is 19.9 Å². The normalized spacial score (nSPS) is 16.4. The third kappa shape index (κ3) is 6.44. The fourth-order valence-electron chi connectivity index (χ4n) is 3.98. The molecule has 0 spiro atoms. The van der Waals surface area contributed by atoms with Gasteiger partial charge >= 0.3 is 0 Å². The zero-order valence-electron chi connectivity index (χ0n) is 20.0. The Bertz CT molecular complexity index is 1030. The summed E-state index contributed by atoms with van der Waals surface area (Å²) in [5.41, 5.74) is 8.35. The molecule has 2 aromatic carbocycles. The first-order chi connectivity index (χ1) is 16.1. The third-order valence-electron chi connectivity index (χ3n) is 5.92. The van der Waals surface area contributed by atoms with Crippen LogP contribution in [-0.2, 0) is 13.1 Å². The quantitative estimate of drug-likeness (QED) is 0.336. The van der Waals surface area contributed by atoms with Crippen molar-refractivity contribution in [3.05, 3.63) is 55.6 Å². The van der Waals surface area contributed by atoms with E-state index in [4.69, 9.17) is 38.4 Å². The largest absolute Gasteiger partial charge is 0.490 e. The number of anilines is 1. The summed E-state index contributed by atoms with van der Waals surface area (Å²) in [5.74, 6) is 1.37. The first kappa shape index (κ1) is 26.3. The lowest BCUT2D eigenvalue weighted by Crippen LogP contribution is -2.32. The molecule has 2 aromatic rings. The van der Waals surface area contributed by atoms with Crippen LogP contribution in [0, 0.1) is 10.1 Å². The predicted octanol–water partition coefficient (Wildman–Crippen LogP) is 5.38. The Morgan fingerprint density at radius 1 is 0.882 bits per heavy atom. The highest BCUT2D eigenvalue weighted by atomic mass is 35.5. The van der Waals surface area contributed by atoms with E-state index >= 15 is 0 Å². The summed E-state index contributed by atoms with van der Waals surface area (Å²) in [6.07, 6.45) is 0. The van der Waals surface area contributed by atoms with Gasteiger partial charge in [0.05, 0.1) is 15.0 Å². The van der Waals surface area contributed by atoms with E-state index in [2.05, 4.69) is 37.5 Å². The van der Waals surface area contributed by atoms with Gasteiger partial charge in [-0.1, -0.05) is 23.2 Å². The summed E-state index contributed by atoms with van der Waals surface area (Å²) < 4.78 is 11.3. The standard InChI is InChI=1S/C12H15ClN2O3.C12H17ClN2O/c1-8(2)14-3-4-18-12-9(7-14)5-10(15(16)17)6-11(12)13;1-8(2)15-3-4-16-12-9(7-15)5-10(14)6-11(12)13/h5-6,8H,3-4,7H2,1-2H3;5-6,8H,3-4,7,14H2,1-2H3. The van der Waals surface area contributed by atoms with Crippen molar-refractivity contribution >= 4 is 34.6 Å². The van der Waals surface area contributed by atoms with E-state index in [1.807, 2.05) is 6.07 Å². The van der Waals surface area contributed by atoms with Crippen LogP contribution in [0.15, 0.2) is 24.3 Å². The third-order valence-corrected chi connectivity index (χ3v) is 6.48. The summed E-state index contributed by atoms with van der Waals surface area (Å²) in [6.45, 7) is 12.9. The van der Waals surface area contributed by atoms with Crippen molar-refractivity contribution in [2.75, 3.05) is 32.0 Å². The molecule has 0 atom stereocenters. The molecule has 0 radical (unpaired) electrons. The van der Waals surface area contributed by atoms with E-state index in [0.717, 1.165) is 36.5 Å².